The van der Waals surface area contributed by atoms with Gasteiger partial charge in [0.15, 0.2) is 5.82 Å². The maximum absolute atomic E-state index is 12.8. The van der Waals surface area contributed by atoms with Crippen LogP contribution in [0.4, 0.5) is 4.39 Å². The number of nitrogens with zero attached hydrogens (tertiary/aromatic N) is 4. The Morgan fingerprint density at radius 1 is 1.31 bits per heavy atom. The van der Waals surface area contributed by atoms with Crippen LogP contribution in [-0.2, 0) is 13.1 Å². The molecule has 0 fully saturated rings. The summed E-state index contributed by atoms with van der Waals surface area (Å²) in [5, 5.41) is 11.4. The number of hydrogen-bond acceptors (Lipinski definition) is 4. The number of aromatic nitrogens is 4. The van der Waals surface area contributed by atoms with Crippen LogP contribution in [0.3, 0.4) is 0 Å². The van der Waals surface area contributed by atoms with Crippen molar-refractivity contribution in [3.05, 3.63) is 30.0 Å². The highest BCUT2D eigenvalue weighted by molar-refractivity contribution is 5.49. The fraction of sp³-hybridized carbons (Fsp3) is 0.300. The summed E-state index contributed by atoms with van der Waals surface area (Å²) in [4.78, 5) is 4.01. The molecule has 0 amide bonds. The number of halogens is 1. The number of hydrogen-bond donors (Lipinski definition) is 1. The molecule has 0 bridgehead atoms. The molecule has 82 valence electrons. The Balaban J connectivity index is 2.06. The van der Waals surface area contributed by atoms with Crippen LogP contribution < -0.4 is 5.32 Å². The van der Waals surface area contributed by atoms with E-state index in [4.69, 9.17) is 0 Å². The predicted molar refractivity (Wildman–Crippen MR) is 54.9 cm³/mol. The Kier molecular flexibility index (Phi) is 2.14. The van der Waals surface area contributed by atoms with E-state index in [0.29, 0.717) is 18.1 Å². The van der Waals surface area contributed by atoms with Crippen LogP contribution in [0, 0.1) is 5.82 Å². The Morgan fingerprint density at radius 3 is 3.06 bits per heavy atom. The second kappa shape index (κ2) is 3.64. The molecular weight excluding hydrogens is 209 g/mol. The van der Waals surface area contributed by atoms with Crippen LogP contribution in [0.2, 0.25) is 0 Å². The molecule has 0 unspecified atom stereocenters. The quantitative estimate of drug-likeness (QED) is 0.762. The predicted octanol–water partition coefficient (Wildman–Crippen LogP) is 0.582. The lowest BCUT2D eigenvalue weighted by atomic mass is 10.3. The van der Waals surface area contributed by atoms with Gasteiger partial charge in [-0.05, 0) is 12.1 Å². The zero-order valence-electron chi connectivity index (χ0n) is 8.52. The van der Waals surface area contributed by atoms with Gasteiger partial charge in [-0.3, -0.25) is 0 Å². The topological polar surface area (TPSA) is 55.6 Å². The molecule has 0 aromatic carbocycles. The summed E-state index contributed by atoms with van der Waals surface area (Å²) >= 11 is 0. The van der Waals surface area contributed by atoms with Gasteiger partial charge in [0.25, 0.3) is 0 Å². The Labute approximate surface area is 91.3 Å². The second-order valence-corrected chi connectivity index (χ2v) is 3.63. The van der Waals surface area contributed by atoms with E-state index >= 15 is 0 Å². The van der Waals surface area contributed by atoms with Crippen molar-refractivity contribution in [2.75, 3.05) is 6.54 Å². The molecule has 0 saturated carbocycles. The molecule has 0 atom stereocenters. The average Bonchev–Trinajstić information content (AvgIpc) is 2.74. The fourth-order valence-electron chi connectivity index (χ4n) is 1.79. The molecule has 6 heteroatoms. The molecule has 0 radical (unpaired) electrons. The number of pyridine rings is 1. The van der Waals surface area contributed by atoms with Crippen LogP contribution in [0.15, 0.2) is 18.3 Å². The monoisotopic (exact) mass is 219 g/mol. The average molecular weight is 219 g/mol. The van der Waals surface area contributed by atoms with Crippen molar-refractivity contribution in [1.82, 2.24) is 25.1 Å². The number of nitrogens with one attached hydrogen (secondary N) is 1. The molecule has 1 aliphatic rings. The first kappa shape index (κ1) is 9.41. The molecule has 0 saturated heterocycles. The third kappa shape index (κ3) is 1.47. The summed E-state index contributed by atoms with van der Waals surface area (Å²) in [5.41, 5.74) is 0.655. The van der Waals surface area contributed by atoms with Gasteiger partial charge in [-0.15, -0.1) is 10.2 Å². The van der Waals surface area contributed by atoms with E-state index in [9.17, 15) is 4.39 Å². The smallest absolute Gasteiger partial charge is 0.182 e. The van der Waals surface area contributed by atoms with Crippen LogP contribution >= 0.6 is 0 Å². The lowest BCUT2D eigenvalue weighted by Crippen LogP contribution is -2.28. The Bertz CT molecular complexity index is 504. The first-order valence-corrected chi connectivity index (χ1v) is 5.09. The number of rotatable bonds is 1. The standard InChI is InChI=1S/C10H10FN5/c11-7-1-2-8(13-5-7)10-15-14-9-6-12-3-4-16(9)10/h1-2,5,12H,3-4,6H2. The van der Waals surface area contributed by atoms with Crippen molar-refractivity contribution in [1.29, 1.82) is 0 Å². The molecule has 5 nitrogen and oxygen atoms in total. The third-order valence-corrected chi connectivity index (χ3v) is 2.58. The SMILES string of the molecule is Fc1ccc(-c2nnc3n2CCNC3)nc1. The Morgan fingerprint density at radius 2 is 2.25 bits per heavy atom. The maximum atomic E-state index is 12.8. The van der Waals surface area contributed by atoms with Crippen molar-refractivity contribution in [2.45, 2.75) is 13.1 Å². The van der Waals surface area contributed by atoms with Gasteiger partial charge in [-0.25, -0.2) is 9.37 Å². The molecule has 0 aliphatic carbocycles. The highest BCUT2D eigenvalue weighted by Crippen LogP contribution is 2.17. The number of fused-ring (bicyclic) bond motifs is 1. The largest absolute Gasteiger partial charge is 0.308 e. The zero-order chi connectivity index (χ0) is 11.0. The maximum Gasteiger partial charge on any atom is 0.182 e. The van der Waals surface area contributed by atoms with E-state index in [1.165, 1.54) is 12.3 Å². The minimum atomic E-state index is -0.344. The normalized spacial score (nSPS) is 14.8. The molecule has 1 aliphatic heterocycles. The molecule has 1 N–H and O–H groups in total. The summed E-state index contributed by atoms with van der Waals surface area (Å²) < 4.78 is 14.8. The van der Waals surface area contributed by atoms with E-state index in [2.05, 4.69) is 20.5 Å². The van der Waals surface area contributed by atoms with Crippen LogP contribution in [-0.4, -0.2) is 26.3 Å². The van der Waals surface area contributed by atoms with E-state index in [0.717, 1.165) is 18.9 Å². The van der Waals surface area contributed by atoms with Gasteiger partial charge in [0.2, 0.25) is 0 Å². The minimum absolute atomic E-state index is 0.344. The summed E-state index contributed by atoms with van der Waals surface area (Å²) in [5.74, 6) is 1.26. The lowest BCUT2D eigenvalue weighted by molar-refractivity contribution is 0.508. The first-order chi connectivity index (χ1) is 7.84. The van der Waals surface area contributed by atoms with Crippen LogP contribution in [0.5, 0.6) is 0 Å². The highest BCUT2D eigenvalue weighted by Gasteiger charge is 2.17. The van der Waals surface area contributed by atoms with E-state index in [1.54, 1.807) is 6.07 Å². The molecule has 16 heavy (non-hydrogen) atoms. The van der Waals surface area contributed by atoms with E-state index in [-0.39, 0.29) is 5.82 Å². The third-order valence-electron chi connectivity index (χ3n) is 2.58. The van der Waals surface area contributed by atoms with E-state index < -0.39 is 0 Å². The summed E-state index contributed by atoms with van der Waals surface area (Å²) in [7, 11) is 0. The van der Waals surface area contributed by atoms with Gasteiger partial charge >= 0.3 is 0 Å². The fourth-order valence-corrected chi connectivity index (χ4v) is 1.79. The van der Waals surface area contributed by atoms with Crippen molar-refractivity contribution in [3.63, 3.8) is 0 Å². The van der Waals surface area contributed by atoms with Gasteiger partial charge in [0.05, 0.1) is 12.7 Å². The van der Waals surface area contributed by atoms with E-state index in [1.807, 2.05) is 4.57 Å². The minimum Gasteiger partial charge on any atom is -0.308 e. The van der Waals surface area contributed by atoms with Crippen molar-refractivity contribution in [2.24, 2.45) is 0 Å². The van der Waals surface area contributed by atoms with Crippen molar-refractivity contribution < 1.29 is 4.39 Å². The first-order valence-electron chi connectivity index (χ1n) is 5.09. The van der Waals surface area contributed by atoms with Crippen LogP contribution in [0.25, 0.3) is 11.5 Å². The van der Waals surface area contributed by atoms with Gasteiger partial charge in [-0.2, -0.15) is 0 Å². The van der Waals surface area contributed by atoms with Crippen LogP contribution in [0.1, 0.15) is 5.82 Å². The second-order valence-electron chi connectivity index (χ2n) is 3.63. The van der Waals surface area contributed by atoms with Gasteiger partial charge < -0.3 is 9.88 Å². The molecule has 2 aromatic heterocycles. The van der Waals surface area contributed by atoms with Gasteiger partial charge in [0.1, 0.15) is 17.3 Å². The van der Waals surface area contributed by atoms with Gasteiger partial charge in [-0.1, -0.05) is 0 Å². The summed E-state index contributed by atoms with van der Waals surface area (Å²) in [6.45, 7) is 2.42. The molecule has 3 heterocycles. The zero-order valence-corrected chi connectivity index (χ0v) is 8.52. The molecule has 2 aromatic rings. The molecular formula is C10H10FN5. The molecule has 3 rings (SSSR count). The van der Waals surface area contributed by atoms with Crippen molar-refractivity contribution in [3.8, 4) is 11.5 Å². The Hall–Kier alpha value is -1.82. The van der Waals surface area contributed by atoms with Crippen molar-refractivity contribution >= 4 is 0 Å². The molecule has 0 spiro atoms. The highest BCUT2D eigenvalue weighted by atomic mass is 19.1. The lowest BCUT2D eigenvalue weighted by Gasteiger charge is -2.15. The summed E-state index contributed by atoms with van der Waals surface area (Å²) in [6.07, 6.45) is 1.19. The summed E-state index contributed by atoms with van der Waals surface area (Å²) in [6, 6.07) is 3.00. The van der Waals surface area contributed by atoms with Gasteiger partial charge in [0, 0.05) is 13.1 Å².